The molecule has 2 saturated heterocycles. The van der Waals surface area contributed by atoms with E-state index in [4.69, 9.17) is 4.74 Å². The van der Waals surface area contributed by atoms with Gasteiger partial charge in [-0.05, 0) is 32.1 Å². The van der Waals surface area contributed by atoms with Crippen molar-refractivity contribution >= 4 is 5.91 Å². The first-order chi connectivity index (χ1) is 8.95. The smallest absolute Gasteiger partial charge is 0.236 e. The van der Waals surface area contributed by atoms with Gasteiger partial charge in [-0.25, -0.2) is 0 Å². The van der Waals surface area contributed by atoms with Crippen LogP contribution in [0.15, 0.2) is 0 Å². The predicted octanol–water partition coefficient (Wildman–Crippen LogP) is 1.60. The van der Waals surface area contributed by atoms with Gasteiger partial charge in [0.15, 0.2) is 0 Å². The molecule has 0 radical (unpaired) electrons. The van der Waals surface area contributed by atoms with Crippen LogP contribution in [0.5, 0.6) is 0 Å². The molecule has 1 amide bonds. The highest BCUT2D eigenvalue weighted by Crippen LogP contribution is 2.21. The minimum absolute atomic E-state index is 0.239. The van der Waals surface area contributed by atoms with Gasteiger partial charge in [-0.1, -0.05) is 13.8 Å². The molecule has 4 nitrogen and oxygen atoms in total. The van der Waals surface area contributed by atoms with E-state index >= 15 is 0 Å². The molecule has 2 aliphatic rings. The minimum Gasteiger partial charge on any atom is -0.376 e. The van der Waals surface area contributed by atoms with Gasteiger partial charge >= 0.3 is 0 Å². The van der Waals surface area contributed by atoms with Crippen LogP contribution in [0.4, 0.5) is 0 Å². The van der Waals surface area contributed by atoms with Crippen LogP contribution in [0, 0.1) is 11.8 Å². The molecule has 0 saturated carbocycles. The second-order valence-electron chi connectivity index (χ2n) is 6.67. The maximum atomic E-state index is 12.5. The third-order valence-electron chi connectivity index (χ3n) is 4.30. The molecule has 0 aromatic carbocycles. The Morgan fingerprint density at radius 3 is 2.37 bits per heavy atom. The molecule has 2 rings (SSSR count). The summed E-state index contributed by atoms with van der Waals surface area (Å²) >= 11 is 0. The summed E-state index contributed by atoms with van der Waals surface area (Å²) in [6.45, 7) is 12.7. The van der Waals surface area contributed by atoms with E-state index in [1.165, 1.54) is 6.42 Å². The van der Waals surface area contributed by atoms with Crippen LogP contribution in [0.25, 0.3) is 0 Å². The Hall–Kier alpha value is -0.610. The first kappa shape index (κ1) is 14.8. The van der Waals surface area contributed by atoms with Crippen molar-refractivity contribution in [1.29, 1.82) is 0 Å². The molecule has 0 N–H and O–H groups in total. The summed E-state index contributed by atoms with van der Waals surface area (Å²) in [5.41, 5.74) is 0. The van der Waals surface area contributed by atoms with Crippen molar-refractivity contribution in [3.05, 3.63) is 0 Å². The largest absolute Gasteiger partial charge is 0.376 e. The summed E-state index contributed by atoms with van der Waals surface area (Å²) in [7, 11) is 0. The molecule has 4 atom stereocenters. The van der Waals surface area contributed by atoms with Gasteiger partial charge in [0.25, 0.3) is 0 Å². The van der Waals surface area contributed by atoms with Gasteiger partial charge in [0, 0.05) is 25.7 Å². The molecule has 4 unspecified atom stereocenters. The van der Waals surface area contributed by atoms with E-state index < -0.39 is 0 Å². The van der Waals surface area contributed by atoms with E-state index in [9.17, 15) is 4.79 Å². The topological polar surface area (TPSA) is 32.8 Å². The number of amides is 1. The molecule has 0 aromatic heterocycles. The van der Waals surface area contributed by atoms with Crippen LogP contribution in [-0.2, 0) is 9.53 Å². The van der Waals surface area contributed by atoms with Crippen molar-refractivity contribution in [3.8, 4) is 0 Å². The number of nitrogens with zero attached hydrogens (tertiary/aromatic N) is 2. The number of morpholine rings is 1. The zero-order valence-corrected chi connectivity index (χ0v) is 12.8. The standard InChI is InChI=1S/C15H28N2O2/c1-11-5-12(2)7-17(6-11)15(18)9-16-8-14(4)19-10-13(16)3/h11-14H,5-10H2,1-4H3. The number of carbonyl (C=O) groups is 1. The third-order valence-corrected chi connectivity index (χ3v) is 4.30. The van der Waals surface area contributed by atoms with Gasteiger partial charge in [0.2, 0.25) is 5.91 Å². The molecule has 0 aliphatic carbocycles. The Balaban J connectivity index is 1.89. The number of carbonyl (C=O) groups excluding carboxylic acids is 1. The van der Waals surface area contributed by atoms with Crippen LogP contribution in [-0.4, -0.2) is 60.6 Å². The Kier molecular flexibility index (Phi) is 4.85. The van der Waals surface area contributed by atoms with Crippen LogP contribution in [0.1, 0.15) is 34.1 Å². The third kappa shape index (κ3) is 3.93. The molecule has 2 fully saturated rings. The fourth-order valence-electron chi connectivity index (χ4n) is 3.33. The lowest BCUT2D eigenvalue weighted by Crippen LogP contribution is -2.53. The van der Waals surface area contributed by atoms with Gasteiger partial charge in [-0.2, -0.15) is 0 Å². The Morgan fingerprint density at radius 2 is 1.74 bits per heavy atom. The fraction of sp³-hybridized carbons (Fsp3) is 0.933. The zero-order chi connectivity index (χ0) is 14.0. The van der Waals surface area contributed by atoms with Crippen molar-refractivity contribution in [1.82, 2.24) is 9.80 Å². The molecule has 0 spiro atoms. The maximum Gasteiger partial charge on any atom is 0.236 e. The average molecular weight is 268 g/mol. The summed E-state index contributed by atoms with van der Waals surface area (Å²) < 4.78 is 5.61. The van der Waals surface area contributed by atoms with Gasteiger partial charge < -0.3 is 9.64 Å². The number of piperidine rings is 1. The van der Waals surface area contributed by atoms with Crippen molar-refractivity contribution in [2.75, 3.05) is 32.8 Å². The summed E-state index contributed by atoms with van der Waals surface area (Å²) in [4.78, 5) is 16.8. The number of rotatable bonds is 2. The van der Waals surface area contributed by atoms with Crippen molar-refractivity contribution in [2.45, 2.75) is 46.3 Å². The lowest BCUT2D eigenvalue weighted by atomic mass is 9.92. The van der Waals surface area contributed by atoms with Crippen molar-refractivity contribution in [2.24, 2.45) is 11.8 Å². The monoisotopic (exact) mass is 268 g/mol. The SMILES string of the molecule is CC1CC(C)CN(C(=O)CN2CC(C)OCC2C)C1. The second-order valence-corrected chi connectivity index (χ2v) is 6.67. The second kappa shape index (κ2) is 6.23. The first-order valence-corrected chi connectivity index (χ1v) is 7.59. The molecule has 0 aromatic rings. The van der Waals surface area contributed by atoms with Crippen LogP contribution in [0.3, 0.4) is 0 Å². The highest BCUT2D eigenvalue weighted by Gasteiger charge is 2.29. The predicted molar refractivity (Wildman–Crippen MR) is 76.0 cm³/mol. The fourth-order valence-corrected chi connectivity index (χ4v) is 3.33. The number of hydrogen-bond acceptors (Lipinski definition) is 3. The molecular formula is C15H28N2O2. The van der Waals surface area contributed by atoms with Crippen molar-refractivity contribution < 1.29 is 9.53 Å². The Morgan fingerprint density at radius 1 is 1.11 bits per heavy atom. The van der Waals surface area contributed by atoms with E-state index in [2.05, 4.69) is 37.5 Å². The van der Waals surface area contributed by atoms with E-state index in [-0.39, 0.29) is 6.10 Å². The summed E-state index contributed by atoms with van der Waals surface area (Å²) in [5.74, 6) is 1.56. The highest BCUT2D eigenvalue weighted by molar-refractivity contribution is 5.78. The van der Waals surface area contributed by atoms with Gasteiger partial charge in [-0.3, -0.25) is 9.69 Å². The number of hydrogen-bond donors (Lipinski definition) is 0. The molecule has 4 heteroatoms. The van der Waals surface area contributed by atoms with Gasteiger partial charge in [-0.15, -0.1) is 0 Å². The lowest BCUT2D eigenvalue weighted by Gasteiger charge is -2.39. The molecular weight excluding hydrogens is 240 g/mol. The van der Waals surface area contributed by atoms with E-state index in [1.807, 2.05) is 0 Å². The molecule has 2 aliphatic heterocycles. The lowest BCUT2D eigenvalue weighted by molar-refractivity contribution is -0.138. The molecule has 2 heterocycles. The molecule has 110 valence electrons. The van der Waals surface area contributed by atoms with E-state index in [0.717, 1.165) is 26.2 Å². The number of ether oxygens (including phenoxy) is 1. The highest BCUT2D eigenvalue weighted by atomic mass is 16.5. The maximum absolute atomic E-state index is 12.5. The van der Waals surface area contributed by atoms with E-state index in [1.54, 1.807) is 0 Å². The average Bonchev–Trinajstić information content (AvgIpc) is 2.32. The van der Waals surface area contributed by atoms with Gasteiger partial charge in [0.1, 0.15) is 0 Å². The van der Waals surface area contributed by atoms with Crippen LogP contribution >= 0.6 is 0 Å². The summed E-state index contributed by atoms with van der Waals surface area (Å²) in [6, 6.07) is 0.347. The molecule has 0 bridgehead atoms. The van der Waals surface area contributed by atoms with Crippen LogP contribution in [0.2, 0.25) is 0 Å². The quantitative estimate of drug-likeness (QED) is 0.762. The van der Waals surface area contributed by atoms with E-state index in [0.29, 0.717) is 30.3 Å². The molecule has 19 heavy (non-hydrogen) atoms. The van der Waals surface area contributed by atoms with Crippen LogP contribution < -0.4 is 0 Å². The zero-order valence-electron chi connectivity index (χ0n) is 12.8. The Labute approximate surface area is 117 Å². The Bertz CT molecular complexity index is 311. The van der Waals surface area contributed by atoms with Gasteiger partial charge in [0.05, 0.1) is 19.3 Å². The normalized spacial score (nSPS) is 37.4. The summed E-state index contributed by atoms with van der Waals surface area (Å²) in [6.07, 6.45) is 1.48. The van der Waals surface area contributed by atoms with Crippen molar-refractivity contribution in [3.63, 3.8) is 0 Å². The summed E-state index contributed by atoms with van der Waals surface area (Å²) in [5, 5.41) is 0. The first-order valence-electron chi connectivity index (χ1n) is 7.59. The minimum atomic E-state index is 0.239. The number of likely N-dealkylation sites (tertiary alicyclic amines) is 1.